The summed E-state index contributed by atoms with van der Waals surface area (Å²) in [4.78, 5) is 45.2. The van der Waals surface area contributed by atoms with E-state index in [9.17, 15) is 19.5 Å². The maximum absolute atomic E-state index is 12.9. The first-order valence-electron chi connectivity index (χ1n) is 10.2. The van der Waals surface area contributed by atoms with Gasteiger partial charge in [-0.05, 0) is 31.9 Å². The van der Waals surface area contributed by atoms with Gasteiger partial charge in [-0.25, -0.2) is 0 Å². The molecule has 1 saturated heterocycles. The van der Waals surface area contributed by atoms with Crippen LogP contribution in [0.2, 0.25) is 5.02 Å². The van der Waals surface area contributed by atoms with Crippen molar-refractivity contribution >= 4 is 23.4 Å². The number of aromatic nitrogens is 2. The third kappa shape index (κ3) is 3.85. The summed E-state index contributed by atoms with van der Waals surface area (Å²) >= 11 is 6.08. The molecule has 9 nitrogen and oxygen atoms in total. The lowest BCUT2D eigenvalue weighted by Gasteiger charge is -2.33. The van der Waals surface area contributed by atoms with E-state index in [1.54, 1.807) is 38.6 Å². The molecule has 1 unspecified atom stereocenters. The molecule has 1 N–H and O–H groups in total. The molecule has 0 bridgehead atoms. The maximum atomic E-state index is 12.9. The summed E-state index contributed by atoms with van der Waals surface area (Å²) in [6, 6.07) is 6.41. The summed E-state index contributed by atoms with van der Waals surface area (Å²) < 4.78 is 7.16. The van der Waals surface area contributed by atoms with Gasteiger partial charge in [0.2, 0.25) is 5.75 Å². The largest absolute Gasteiger partial charge is 0.501 e. The van der Waals surface area contributed by atoms with Crippen LogP contribution >= 0.6 is 11.6 Å². The lowest BCUT2D eigenvalue weighted by atomic mass is 10.1. The second-order valence-electron chi connectivity index (χ2n) is 7.47. The van der Waals surface area contributed by atoms with E-state index in [-0.39, 0.29) is 18.2 Å². The van der Waals surface area contributed by atoms with Gasteiger partial charge in [0, 0.05) is 26.2 Å². The molecule has 0 spiro atoms. The highest BCUT2D eigenvalue weighted by atomic mass is 35.5. The minimum atomic E-state index is -0.862. The van der Waals surface area contributed by atoms with Crippen LogP contribution in [0.4, 0.5) is 0 Å². The van der Waals surface area contributed by atoms with Crippen molar-refractivity contribution in [1.82, 2.24) is 19.4 Å². The number of aromatic hydroxyl groups is 1. The summed E-state index contributed by atoms with van der Waals surface area (Å²) in [5, 5.41) is 10.7. The Balaban J connectivity index is 1.62. The SMILES string of the molecule is CCN1CCn2c(C3CCCN3C(=O)COc3ccccc3Cl)nc(=O)c(O)c2C1=O. The number of carbonyl (C=O) groups is 2. The van der Waals surface area contributed by atoms with Gasteiger partial charge < -0.3 is 24.2 Å². The lowest BCUT2D eigenvalue weighted by Crippen LogP contribution is -2.44. The van der Waals surface area contributed by atoms with Crippen LogP contribution in [0.5, 0.6) is 11.5 Å². The summed E-state index contributed by atoms with van der Waals surface area (Å²) in [7, 11) is 0. The van der Waals surface area contributed by atoms with Gasteiger partial charge >= 0.3 is 5.56 Å². The van der Waals surface area contributed by atoms with Crippen molar-refractivity contribution in [3.05, 3.63) is 51.2 Å². The number of amides is 2. The third-order valence-electron chi connectivity index (χ3n) is 5.71. The first-order valence-corrected chi connectivity index (χ1v) is 10.6. The van der Waals surface area contributed by atoms with E-state index in [0.29, 0.717) is 49.2 Å². The average molecular weight is 447 g/mol. The minimum absolute atomic E-state index is 0.0604. The summed E-state index contributed by atoms with van der Waals surface area (Å²) in [5.74, 6) is -0.591. The van der Waals surface area contributed by atoms with Crippen LogP contribution in [-0.4, -0.2) is 62.5 Å². The number of carbonyl (C=O) groups excluding carboxylic acids is 2. The Morgan fingerprint density at radius 1 is 1.26 bits per heavy atom. The van der Waals surface area contributed by atoms with Crippen molar-refractivity contribution in [2.75, 3.05) is 26.2 Å². The number of para-hydroxylation sites is 1. The topological polar surface area (TPSA) is 105 Å². The van der Waals surface area contributed by atoms with E-state index in [1.165, 1.54) is 0 Å². The molecule has 1 aromatic carbocycles. The highest BCUT2D eigenvalue weighted by Gasteiger charge is 2.37. The molecule has 164 valence electrons. The average Bonchev–Trinajstić information content (AvgIpc) is 3.25. The first kappa shape index (κ1) is 21.2. The molecule has 0 saturated carbocycles. The van der Waals surface area contributed by atoms with Gasteiger partial charge in [0.05, 0.1) is 11.1 Å². The molecule has 2 aliphatic heterocycles. The number of benzene rings is 1. The van der Waals surface area contributed by atoms with Crippen LogP contribution in [0, 0.1) is 0 Å². The fraction of sp³-hybridized carbons (Fsp3) is 0.429. The third-order valence-corrected chi connectivity index (χ3v) is 6.03. The van der Waals surface area contributed by atoms with Crippen LogP contribution in [0.1, 0.15) is 42.1 Å². The van der Waals surface area contributed by atoms with Gasteiger partial charge in [0.15, 0.2) is 12.3 Å². The van der Waals surface area contributed by atoms with Gasteiger partial charge in [0.1, 0.15) is 11.6 Å². The van der Waals surface area contributed by atoms with Gasteiger partial charge in [-0.2, -0.15) is 4.98 Å². The maximum Gasteiger partial charge on any atom is 0.315 e. The predicted molar refractivity (Wildman–Crippen MR) is 112 cm³/mol. The number of hydrogen-bond donors (Lipinski definition) is 1. The Hall–Kier alpha value is -3.07. The summed E-state index contributed by atoms with van der Waals surface area (Å²) in [5.41, 5.74) is -0.922. The molecule has 1 atom stereocenters. The Bertz CT molecular complexity index is 1090. The number of halogens is 1. The molecule has 0 radical (unpaired) electrons. The molecule has 3 heterocycles. The number of nitrogens with zero attached hydrogens (tertiary/aromatic N) is 4. The van der Waals surface area contributed by atoms with E-state index in [4.69, 9.17) is 16.3 Å². The number of likely N-dealkylation sites (tertiary alicyclic amines) is 1. The molecule has 1 fully saturated rings. The second-order valence-corrected chi connectivity index (χ2v) is 7.88. The fourth-order valence-electron chi connectivity index (χ4n) is 4.15. The molecular formula is C21H23ClN4O5. The summed E-state index contributed by atoms with van der Waals surface area (Å²) in [6.07, 6.45) is 1.32. The van der Waals surface area contributed by atoms with E-state index in [2.05, 4.69) is 4.98 Å². The zero-order valence-electron chi connectivity index (χ0n) is 17.1. The van der Waals surface area contributed by atoms with Crippen molar-refractivity contribution in [2.45, 2.75) is 32.4 Å². The normalized spacial score (nSPS) is 18.3. The van der Waals surface area contributed by atoms with Gasteiger partial charge in [-0.3, -0.25) is 14.4 Å². The zero-order chi connectivity index (χ0) is 22.1. The van der Waals surface area contributed by atoms with Crippen LogP contribution in [0.3, 0.4) is 0 Å². The standard InChI is InChI=1S/C21H23ClN4O5/c1-2-24-10-11-26-17(21(24)30)18(28)20(29)23-19(26)14-7-5-9-25(14)16(27)12-31-15-8-4-3-6-13(15)22/h3-4,6,8,14,28H,2,5,7,9-12H2,1H3. The quantitative estimate of drug-likeness (QED) is 0.751. The van der Waals surface area contributed by atoms with Crippen LogP contribution in [-0.2, 0) is 11.3 Å². The number of hydrogen-bond acceptors (Lipinski definition) is 6. The molecular weight excluding hydrogens is 424 g/mol. The molecule has 2 amide bonds. The van der Waals surface area contributed by atoms with E-state index in [1.807, 2.05) is 6.92 Å². The van der Waals surface area contributed by atoms with Crippen LogP contribution in [0.15, 0.2) is 29.1 Å². The van der Waals surface area contributed by atoms with Gasteiger partial charge in [-0.1, -0.05) is 23.7 Å². The monoisotopic (exact) mass is 446 g/mol. The number of rotatable bonds is 5. The van der Waals surface area contributed by atoms with Gasteiger partial charge in [0.25, 0.3) is 11.8 Å². The molecule has 0 aliphatic carbocycles. The lowest BCUT2D eigenvalue weighted by molar-refractivity contribution is -0.134. The van der Waals surface area contributed by atoms with Crippen molar-refractivity contribution in [2.24, 2.45) is 0 Å². The number of likely N-dealkylation sites (N-methyl/N-ethyl adjacent to an activating group) is 1. The van der Waals surface area contributed by atoms with E-state index < -0.39 is 23.3 Å². The number of ether oxygens (including phenoxy) is 1. The Labute approximate surface area is 183 Å². The Morgan fingerprint density at radius 3 is 2.77 bits per heavy atom. The molecule has 2 aromatic rings. The molecule has 31 heavy (non-hydrogen) atoms. The molecule has 1 aromatic heterocycles. The minimum Gasteiger partial charge on any atom is -0.501 e. The van der Waals surface area contributed by atoms with Gasteiger partial charge in [-0.15, -0.1) is 0 Å². The number of fused-ring (bicyclic) bond motifs is 1. The fourth-order valence-corrected chi connectivity index (χ4v) is 4.34. The Kier molecular flexibility index (Phi) is 5.86. The zero-order valence-corrected chi connectivity index (χ0v) is 17.8. The molecule has 10 heteroatoms. The van der Waals surface area contributed by atoms with Crippen molar-refractivity contribution in [1.29, 1.82) is 0 Å². The first-order chi connectivity index (χ1) is 14.9. The summed E-state index contributed by atoms with van der Waals surface area (Å²) in [6.45, 7) is 3.41. The van der Waals surface area contributed by atoms with Crippen LogP contribution < -0.4 is 10.3 Å². The smallest absolute Gasteiger partial charge is 0.315 e. The van der Waals surface area contributed by atoms with Crippen molar-refractivity contribution in [3.8, 4) is 11.5 Å². The van der Waals surface area contributed by atoms with E-state index in [0.717, 1.165) is 6.42 Å². The molecule has 2 aliphatic rings. The van der Waals surface area contributed by atoms with Crippen molar-refractivity contribution in [3.63, 3.8) is 0 Å². The van der Waals surface area contributed by atoms with Crippen molar-refractivity contribution < 1.29 is 19.4 Å². The van der Waals surface area contributed by atoms with Crippen LogP contribution in [0.25, 0.3) is 0 Å². The highest BCUT2D eigenvalue weighted by Crippen LogP contribution is 2.33. The predicted octanol–water partition coefficient (Wildman–Crippen LogP) is 1.82. The Morgan fingerprint density at radius 2 is 2.03 bits per heavy atom. The van der Waals surface area contributed by atoms with E-state index >= 15 is 0 Å². The highest BCUT2D eigenvalue weighted by molar-refractivity contribution is 6.32. The molecule has 4 rings (SSSR count). The second kappa shape index (κ2) is 8.58.